The summed E-state index contributed by atoms with van der Waals surface area (Å²) in [7, 11) is 6.00. The maximum atomic E-state index is 6.00. The summed E-state index contributed by atoms with van der Waals surface area (Å²) in [4.78, 5) is 2.95. The van der Waals surface area contributed by atoms with Crippen molar-refractivity contribution in [3.05, 3.63) is 70.2 Å². The molecule has 0 amide bonds. The monoisotopic (exact) mass is 374 g/mol. The fourth-order valence-electron chi connectivity index (χ4n) is 3.05. The van der Waals surface area contributed by atoms with Gasteiger partial charge in [-0.3, -0.25) is 0 Å². The Morgan fingerprint density at radius 3 is 2.12 bits per heavy atom. The van der Waals surface area contributed by atoms with Gasteiger partial charge >= 0.3 is 0 Å². The lowest BCUT2D eigenvalue weighted by atomic mass is 9.82. The zero-order chi connectivity index (χ0) is 18.4. The minimum absolute atomic E-state index is 0.124. The van der Waals surface area contributed by atoms with E-state index in [9.17, 15) is 0 Å². The van der Waals surface area contributed by atoms with Gasteiger partial charge in [-0.25, -0.2) is 0 Å². The average molecular weight is 375 g/mol. The van der Waals surface area contributed by atoms with E-state index < -0.39 is 0 Å². The largest absolute Gasteiger partial charge is 0.368 e. The van der Waals surface area contributed by atoms with Crippen LogP contribution in [0.4, 0.5) is 0 Å². The quantitative estimate of drug-likeness (QED) is 0.722. The number of benzene rings is 2. The Kier molecular flexibility index (Phi) is 7.42. The van der Waals surface area contributed by atoms with Crippen molar-refractivity contribution in [2.24, 2.45) is 0 Å². The smallest absolute Gasteiger partial charge is 0.0836 e. The van der Waals surface area contributed by atoms with Crippen LogP contribution in [0.1, 0.15) is 48.4 Å². The van der Waals surface area contributed by atoms with E-state index in [2.05, 4.69) is 48.6 Å². The molecule has 1 aliphatic rings. The summed E-state index contributed by atoms with van der Waals surface area (Å²) in [6.07, 6.45) is 2.22. The summed E-state index contributed by atoms with van der Waals surface area (Å²) in [5, 5.41) is 4.29. The van der Waals surface area contributed by atoms with E-state index in [1.165, 1.54) is 16.7 Å². The minimum Gasteiger partial charge on any atom is -0.368 e. The zero-order valence-corrected chi connectivity index (χ0v) is 17.0. The highest BCUT2D eigenvalue weighted by Crippen LogP contribution is 2.37. The lowest BCUT2D eigenvalue weighted by Crippen LogP contribution is -2.37. The van der Waals surface area contributed by atoms with Gasteiger partial charge in [-0.15, -0.1) is 0 Å². The molecule has 25 heavy (non-hydrogen) atoms. The Bertz CT molecular complexity index is 695. The van der Waals surface area contributed by atoms with Crippen LogP contribution in [0.25, 0.3) is 0 Å². The third kappa shape index (κ3) is 5.27. The van der Waals surface area contributed by atoms with Crippen LogP contribution in [-0.4, -0.2) is 31.0 Å². The van der Waals surface area contributed by atoms with Gasteiger partial charge in [0.25, 0.3) is 0 Å². The highest BCUT2D eigenvalue weighted by atomic mass is 35.5. The number of nitrogens with one attached hydrogen (secondary N) is 1. The average Bonchev–Trinajstić information content (AvgIpc) is 2.57. The number of nitrogens with zero attached hydrogens (tertiary/aromatic N) is 1. The molecule has 1 aliphatic heterocycles. The molecule has 0 aromatic heterocycles. The van der Waals surface area contributed by atoms with Gasteiger partial charge in [0.05, 0.1) is 11.0 Å². The first-order valence-corrected chi connectivity index (χ1v) is 9.48. The molecular weight excluding hydrogens is 348 g/mol. The summed E-state index contributed by atoms with van der Waals surface area (Å²) in [5.74, 6) is 0.338. The zero-order valence-electron chi connectivity index (χ0n) is 15.4. The molecule has 2 unspecified atom stereocenters. The van der Waals surface area contributed by atoms with Crippen LogP contribution in [0, 0.1) is 0 Å². The Morgan fingerprint density at radius 2 is 1.56 bits per heavy atom. The van der Waals surface area contributed by atoms with Crippen LogP contribution >= 0.6 is 23.8 Å². The summed E-state index contributed by atoms with van der Waals surface area (Å²) in [6, 6.07) is 16.7. The van der Waals surface area contributed by atoms with Gasteiger partial charge in [0.15, 0.2) is 0 Å². The molecule has 2 atom stereocenters. The molecule has 4 heteroatoms. The van der Waals surface area contributed by atoms with E-state index in [-0.39, 0.29) is 6.04 Å². The molecule has 0 aliphatic carbocycles. The predicted octanol–water partition coefficient (Wildman–Crippen LogP) is 5.42. The molecule has 0 saturated carbocycles. The predicted molar refractivity (Wildman–Crippen MR) is 113 cm³/mol. The van der Waals surface area contributed by atoms with E-state index in [0.717, 1.165) is 22.9 Å². The van der Waals surface area contributed by atoms with Crippen molar-refractivity contribution in [2.45, 2.75) is 31.7 Å². The normalized spacial score (nSPS) is 18.9. The third-order valence-corrected chi connectivity index (χ3v) is 4.72. The molecule has 0 saturated heterocycles. The van der Waals surface area contributed by atoms with Crippen LogP contribution < -0.4 is 5.32 Å². The van der Waals surface area contributed by atoms with Crippen molar-refractivity contribution in [1.82, 2.24) is 10.2 Å². The second-order valence-corrected chi connectivity index (χ2v) is 7.68. The highest BCUT2D eigenvalue weighted by molar-refractivity contribution is 7.80. The maximum absolute atomic E-state index is 6.00. The van der Waals surface area contributed by atoms with Crippen molar-refractivity contribution >= 4 is 28.8 Å². The van der Waals surface area contributed by atoms with Crippen molar-refractivity contribution in [3.63, 3.8) is 0 Å². The molecule has 2 aromatic carbocycles. The van der Waals surface area contributed by atoms with Crippen molar-refractivity contribution < 1.29 is 0 Å². The summed E-state index contributed by atoms with van der Waals surface area (Å²) in [6.45, 7) is 2.20. The van der Waals surface area contributed by atoms with E-state index in [1.54, 1.807) is 0 Å². The minimum atomic E-state index is 0.124. The van der Waals surface area contributed by atoms with Crippen LogP contribution in [0.15, 0.2) is 48.5 Å². The van der Waals surface area contributed by atoms with Crippen LogP contribution in [0.3, 0.4) is 0 Å². The topological polar surface area (TPSA) is 15.3 Å². The first-order chi connectivity index (χ1) is 11.9. The first kappa shape index (κ1) is 19.9. The lowest BCUT2D eigenvalue weighted by Gasteiger charge is -2.34. The van der Waals surface area contributed by atoms with Crippen LogP contribution in [-0.2, 0) is 0 Å². The SMILES string of the molecule is CCCC1C(=S)NC(c2ccc(Cl)cc2)c2ccccc21.CN(C)C. The summed E-state index contributed by atoms with van der Waals surface area (Å²) >= 11 is 11.6. The Hall–Kier alpha value is -1.42. The van der Waals surface area contributed by atoms with Crippen molar-refractivity contribution in [3.8, 4) is 0 Å². The van der Waals surface area contributed by atoms with Gasteiger partial charge in [-0.2, -0.15) is 0 Å². The fraction of sp³-hybridized carbons (Fsp3) is 0.381. The Morgan fingerprint density at radius 1 is 1.00 bits per heavy atom. The molecule has 2 aromatic rings. The first-order valence-electron chi connectivity index (χ1n) is 8.69. The van der Waals surface area contributed by atoms with Gasteiger partial charge in [0.2, 0.25) is 0 Å². The van der Waals surface area contributed by atoms with Gasteiger partial charge in [-0.1, -0.05) is 73.6 Å². The van der Waals surface area contributed by atoms with E-state index in [4.69, 9.17) is 23.8 Å². The lowest BCUT2D eigenvalue weighted by molar-refractivity contribution is 0.505. The van der Waals surface area contributed by atoms with Crippen molar-refractivity contribution in [1.29, 1.82) is 0 Å². The van der Waals surface area contributed by atoms with E-state index in [0.29, 0.717) is 5.92 Å². The molecule has 0 bridgehead atoms. The second kappa shape index (κ2) is 9.33. The number of fused-ring (bicyclic) bond motifs is 1. The standard InChI is InChI=1S/C18H18ClNS.C3H9N/c1-2-5-16-14-6-3-4-7-15(14)17(20-18(16)21)12-8-10-13(19)11-9-12;1-4(2)3/h3-4,6-11,16-17H,2,5H2,1H3,(H,20,21);1-3H3. The van der Waals surface area contributed by atoms with Gasteiger partial charge in [-0.05, 0) is 56.4 Å². The van der Waals surface area contributed by atoms with Crippen LogP contribution in [0.5, 0.6) is 0 Å². The van der Waals surface area contributed by atoms with E-state index in [1.807, 2.05) is 38.2 Å². The molecule has 3 rings (SSSR count). The molecule has 134 valence electrons. The molecule has 1 heterocycles. The summed E-state index contributed by atoms with van der Waals surface area (Å²) in [5.41, 5.74) is 3.89. The molecule has 0 spiro atoms. The van der Waals surface area contributed by atoms with Crippen LogP contribution in [0.2, 0.25) is 5.02 Å². The maximum Gasteiger partial charge on any atom is 0.0836 e. The van der Waals surface area contributed by atoms with Gasteiger partial charge < -0.3 is 10.2 Å². The number of rotatable bonds is 3. The van der Waals surface area contributed by atoms with Crippen molar-refractivity contribution in [2.75, 3.05) is 21.1 Å². The number of hydrogen-bond donors (Lipinski definition) is 1. The van der Waals surface area contributed by atoms with Gasteiger partial charge in [0, 0.05) is 10.9 Å². The molecular formula is C21H27ClN2S. The molecule has 2 nitrogen and oxygen atoms in total. The highest BCUT2D eigenvalue weighted by Gasteiger charge is 2.30. The summed E-state index contributed by atoms with van der Waals surface area (Å²) < 4.78 is 0. The van der Waals surface area contributed by atoms with E-state index >= 15 is 0 Å². The number of thiocarbonyl (C=S) groups is 1. The Balaban J connectivity index is 0.000000511. The number of hydrogen-bond acceptors (Lipinski definition) is 2. The third-order valence-electron chi connectivity index (χ3n) is 4.07. The fourth-order valence-corrected chi connectivity index (χ4v) is 3.54. The molecule has 0 fully saturated rings. The van der Waals surface area contributed by atoms with Gasteiger partial charge in [0.1, 0.15) is 0 Å². The molecule has 0 radical (unpaired) electrons. The Labute approximate surface area is 162 Å². The number of halogens is 1. The second-order valence-electron chi connectivity index (χ2n) is 6.80. The molecule has 1 N–H and O–H groups in total.